The summed E-state index contributed by atoms with van der Waals surface area (Å²) in [6.07, 6.45) is 4.75. The van der Waals surface area contributed by atoms with Crippen LogP contribution in [0.3, 0.4) is 0 Å². The van der Waals surface area contributed by atoms with Gasteiger partial charge in [-0.15, -0.1) is 0 Å². The molecular formula is C10H10Cl2O3. The fourth-order valence-corrected chi connectivity index (χ4v) is 1.45. The van der Waals surface area contributed by atoms with Gasteiger partial charge in [0.15, 0.2) is 6.10 Å². The lowest BCUT2D eigenvalue weighted by molar-refractivity contribution is -0.141. The summed E-state index contributed by atoms with van der Waals surface area (Å²) in [5.74, 6) is -0.704. The molecule has 1 N–H and O–H groups in total. The number of esters is 1. The van der Waals surface area contributed by atoms with Crippen molar-refractivity contribution in [3.8, 4) is 0 Å². The smallest absolute Gasteiger partial charge is 0.351 e. The number of hydrogen-bond donors (Lipinski definition) is 1. The van der Waals surface area contributed by atoms with Gasteiger partial charge < -0.3 is 9.84 Å². The molecule has 0 spiro atoms. The number of carbonyl (C=O) groups is 1. The molecule has 0 saturated heterocycles. The van der Waals surface area contributed by atoms with Crippen molar-refractivity contribution in [3.63, 3.8) is 0 Å². The fourth-order valence-electron chi connectivity index (χ4n) is 1.05. The van der Waals surface area contributed by atoms with Crippen molar-refractivity contribution in [1.29, 1.82) is 0 Å². The standard InChI is InChI=1S/C10H10Cl2O3/c1-2-3-4-5-6(13)9-7(11)8(12)10(14)15-9/h2-6,9,13H,1H3/b3-2+,5-4+/t6-,9-/m1/s1. The minimum absolute atomic E-state index is 0.0410. The van der Waals surface area contributed by atoms with Gasteiger partial charge >= 0.3 is 5.97 Å². The summed E-state index contributed by atoms with van der Waals surface area (Å²) >= 11 is 11.3. The third-order valence-corrected chi connectivity index (χ3v) is 2.65. The number of ether oxygens (including phenoxy) is 1. The molecule has 1 aliphatic rings. The Morgan fingerprint density at radius 3 is 2.60 bits per heavy atom. The maximum atomic E-state index is 11.0. The molecule has 0 unspecified atom stereocenters. The second-order valence-electron chi connectivity index (χ2n) is 2.89. The van der Waals surface area contributed by atoms with Gasteiger partial charge in [0.25, 0.3) is 0 Å². The van der Waals surface area contributed by atoms with Gasteiger partial charge in [-0.3, -0.25) is 0 Å². The van der Waals surface area contributed by atoms with Crippen LogP contribution in [0.25, 0.3) is 0 Å². The molecule has 1 aliphatic heterocycles. The third-order valence-electron chi connectivity index (χ3n) is 1.79. The molecule has 0 radical (unpaired) electrons. The Morgan fingerprint density at radius 1 is 1.47 bits per heavy atom. The highest BCUT2D eigenvalue weighted by molar-refractivity contribution is 6.48. The Bertz CT molecular complexity index is 345. The van der Waals surface area contributed by atoms with E-state index in [-0.39, 0.29) is 10.1 Å². The summed E-state index contributed by atoms with van der Waals surface area (Å²) in [7, 11) is 0. The average Bonchev–Trinajstić information content (AvgIpc) is 2.46. The second kappa shape index (κ2) is 5.35. The Morgan fingerprint density at radius 2 is 2.13 bits per heavy atom. The van der Waals surface area contributed by atoms with Crippen molar-refractivity contribution in [1.82, 2.24) is 0 Å². The topological polar surface area (TPSA) is 46.5 Å². The lowest BCUT2D eigenvalue weighted by Gasteiger charge is -2.13. The molecule has 82 valence electrons. The van der Waals surface area contributed by atoms with E-state index >= 15 is 0 Å². The largest absolute Gasteiger partial charge is 0.449 e. The van der Waals surface area contributed by atoms with Gasteiger partial charge in [0.2, 0.25) is 0 Å². The molecule has 5 heteroatoms. The van der Waals surface area contributed by atoms with Gasteiger partial charge in [0.1, 0.15) is 11.1 Å². The van der Waals surface area contributed by atoms with E-state index in [1.54, 1.807) is 18.2 Å². The highest BCUT2D eigenvalue weighted by atomic mass is 35.5. The van der Waals surface area contributed by atoms with Crippen molar-refractivity contribution < 1.29 is 14.6 Å². The minimum atomic E-state index is -0.992. The Balaban J connectivity index is 2.71. The van der Waals surface area contributed by atoms with Gasteiger partial charge in [0, 0.05) is 0 Å². The van der Waals surface area contributed by atoms with Crippen molar-refractivity contribution >= 4 is 29.2 Å². The second-order valence-corrected chi connectivity index (χ2v) is 3.67. The molecule has 0 aromatic rings. The number of aliphatic hydroxyl groups excluding tert-OH is 1. The first kappa shape index (κ1) is 12.3. The predicted molar refractivity (Wildman–Crippen MR) is 58.6 cm³/mol. The van der Waals surface area contributed by atoms with E-state index < -0.39 is 18.2 Å². The van der Waals surface area contributed by atoms with Crippen molar-refractivity contribution in [2.45, 2.75) is 19.1 Å². The summed E-state index contributed by atoms with van der Waals surface area (Å²) in [4.78, 5) is 11.0. The van der Waals surface area contributed by atoms with E-state index in [0.717, 1.165) is 0 Å². The Kier molecular flexibility index (Phi) is 4.39. The van der Waals surface area contributed by atoms with Crippen LogP contribution in [-0.2, 0) is 9.53 Å². The summed E-state index contributed by atoms with van der Waals surface area (Å²) in [6, 6.07) is 0. The molecule has 0 fully saturated rings. The number of aliphatic hydroxyl groups is 1. The molecule has 15 heavy (non-hydrogen) atoms. The summed E-state index contributed by atoms with van der Waals surface area (Å²) < 4.78 is 4.78. The van der Waals surface area contributed by atoms with E-state index in [0.29, 0.717) is 0 Å². The zero-order chi connectivity index (χ0) is 11.4. The molecule has 0 saturated carbocycles. The number of rotatable bonds is 3. The summed E-state index contributed by atoms with van der Waals surface area (Å²) in [6.45, 7) is 1.84. The molecule has 0 aromatic heterocycles. The van der Waals surface area contributed by atoms with Crippen LogP contribution in [0.5, 0.6) is 0 Å². The number of cyclic esters (lactones) is 1. The molecular weight excluding hydrogens is 239 g/mol. The lowest BCUT2D eigenvalue weighted by Crippen LogP contribution is -2.25. The number of carbonyl (C=O) groups excluding carboxylic acids is 1. The van der Waals surface area contributed by atoms with Gasteiger partial charge in [-0.1, -0.05) is 47.5 Å². The van der Waals surface area contributed by atoms with Crippen LogP contribution in [-0.4, -0.2) is 23.3 Å². The Hall–Kier alpha value is -0.770. The summed E-state index contributed by atoms with van der Waals surface area (Å²) in [5, 5.41) is 9.48. The minimum Gasteiger partial charge on any atom is -0.449 e. The van der Waals surface area contributed by atoms with E-state index in [9.17, 15) is 9.90 Å². The maximum Gasteiger partial charge on any atom is 0.351 e. The van der Waals surface area contributed by atoms with Crippen LogP contribution in [0.15, 0.2) is 34.4 Å². The molecule has 1 heterocycles. The summed E-state index contributed by atoms with van der Waals surface area (Å²) in [5.41, 5.74) is 0. The molecule has 3 nitrogen and oxygen atoms in total. The first-order chi connectivity index (χ1) is 7.07. The van der Waals surface area contributed by atoms with Crippen LogP contribution in [0, 0.1) is 0 Å². The molecule has 0 aliphatic carbocycles. The zero-order valence-corrected chi connectivity index (χ0v) is 9.50. The van der Waals surface area contributed by atoms with Gasteiger partial charge in [-0.2, -0.15) is 0 Å². The normalized spacial score (nSPS) is 24.3. The fraction of sp³-hybridized carbons (Fsp3) is 0.300. The van der Waals surface area contributed by atoms with Gasteiger partial charge in [-0.05, 0) is 6.92 Å². The Labute approximate surface area is 97.6 Å². The highest BCUT2D eigenvalue weighted by Crippen LogP contribution is 2.30. The zero-order valence-electron chi connectivity index (χ0n) is 7.98. The van der Waals surface area contributed by atoms with E-state index in [1.165, 1.54) is 6.08 Å². The van der Waals surface area contributed by atoms with Crippen molar-refractivity contribution in [2.24, 2.45) is 0 Å². The number of hydrogen-bond acceptors (Lipinski definition) is 3. The van der Waals surface area contributed by atoms with Crippen LogP contribution in [0.4, 0.5) is 0 Å². The maximum absolute atomic E-state index is 11.0. The average molecular weight is 249 g/mol. The lowest BCUT2D eigenvalue weighted by atomic mass is 10.2. The number of halogens is 2. The van der Waals surface area contributed by atoms with Crippen molar-refractivity contribution in [3.05, 3.63) is 34.4 Å². The van der Waals surface area contributed by atoms with E-state index in [1.807, 2.05) is 6.92 Å². The van der Waals surface area contributed by atoms with Crippen LogP contribution >= 0.6 is 23.2 Å². The SMILES string of the molecule is C/C=C/C=C/[C@@H](O)[C@H]1OC(=O)C(Cl)=C1Cl. The molecule has 2 atom stereocenters. The van der Waals surface area contributed by atoms with Crippen molar-refractivity contribution in [2.75, 3.05) is 0 Å². The van der Waals surface area contributed by atoms with Gasteiger partial charge in [0.05, 0.1) is 5.03 Å². The highest BCUT2D eigenvalue weighted by Gasteiger charge is 2.35. The van der Waals surface area contributed by atoms with E-state index in [2.05, 4.69) is 0 Å². The first-order valence-corrected chi connectivity index (χ1v) is 5.07. The molecule has 0 aromatic carbocycles. The quantitative estimate of drug-likeness (QED) is 0.615. The van der Waals surface area contributed by atoms with Gasteiger partial charge in [-0.25, -0.2) is 4.79 Å². The van der Waals surface area contributed by atoms with Crippen LogP contribution in [0.2, 0.25) is 0 Å². The van der Waals surface area contributed by atoms with Crippen LogP contribution < -0.4 is 0 Å². The molecule has 0 bridgehead atoms. The molecule has 0 amide bonds. The molecule has 1 rings (SSSR count). The van der Waals surface area contributed by atoms with E-state index in [4.69, 9.17) is 27.9 Å². The number of allylic oxidation sites excluding steroid dienone is 3. The first-order valence-electron chi connectivity index (χ1n) is 4.31. The predicted octanol–water partition coefficient (Wildman–Crippen LogP) is 2.09. The van der Waals surface area contributed by atoms with Crippen LogP contribution in [0.1, 0.15) is 6.92 Å². The third kappa shape index (κ3) is 2.84. The monoisotopic (exact) mass is 248 g/mol.